The third-order valence-corrected chi connectivity index (χ3v) is 5.96. The van der Waals surface area contributed by atoms with Crippen molar-refractivity contribution >= 4 is 8.80 Å². The summed E-state index contributed by atoms with van der Waals surface area (Å²) in [4.78, 5) is 0. The van der Waals surface area contributed by atoms with Gasteiger partial charge < -0.3 is 13.3 Å². The zero-order valence-corrected chi connectivity index (χ0v) is 13.5. The van der Waals surface area contributed by atoms with Crippen LogP contribution in [0.5, 0.6) is 0 Å². The minimum Gasteiger partial charge on any atom is -0.377 e. The van der Waals surface area contributed by atoms with Gasteiger partial charge in [-0.2, -0.15) is 13.2 Å². The number of alkyl halides is 3. The minimum atomic E-state index is -4.33. The van der Waals surface area contributed by atoms with Gasteiger partial charge >= 0.3 is 15.0 Å². The molecule has 0 radical (unpaired) electrons. The van der Waals surface area contributed by atoms with Crippen LogP contribution in [0.25, 0.3) is 0 Å². The third-order valence-electron chi connectivity index (χ3n) is 3.01. The first-order valence-electron chi connectivity index (χ1n) is 6.86. The van der Waals surface area contributed by atoms with Gasteiger partial charge in [0.05, 0.1) is 5.56 Å². The highest BCUT2D eigenvalue weighted by atomic mass is 28.4. The van der Waals surface area contributed by atoms with E-state index >= 15 is 0 Å². The Bertz CT molecular complexity index is 432. The average Bonchev–Trinajstić information content (AvgIpc) is 2.45. The second-order valence-electron chi connectivity index (χ2n) is 4.45. The number of aryl methyl sites for hydroxylation is 1. The molecule has 3 nitrogen and oxygen atoms in total. The minimum absolute atomic E-state index is 0.421. The Balaban J connectivity index is 2.80. The molecule has 0 saturated carbocycles. The van der Waals surface area contributed by atoms with Crippen molar-refractivity contribution in [3.63, 3.8) is 0 Å². The normalized spacial score (nSPS) is 12.7. The predicted octanol–water partition coefficient (Wildman–Crippen LogP) is 3.91. The second-order valence-corrected chi connectivity index (χ2v) is 7.30. The third kappa shape index (κ3) is 5.42. The Morgan fingerprint density at radius 2 is 1.71 bits per heavy atom. The number of hydrogen-bond acceptors (Lipinski definition) is 3. The largest absolute Gasteiger partial charge is 0.501 e. The molecule has 0 spiro atoms. The summed E-state index contributed by atoms with van der Waals surface area (Å²) in [6.45, 7) is 4.57. The SMILES string of the molecule is CCO[Si](CCc1cccc(C(F)(F)F)c1)(OC)OCC. The summed E-state index contributed by atoms with van der Waals surface area (Å²) in [5.74, 6) is 0. The molecule has 0 aromatic heterocycles. The van der Waals surface area contributed by atoms with Crippen molar-refractivity contribution in [1.29, 1.82) is 0 Å². The standard InChI is InChI=1S/C14H21F3O3Si/c1-4-19-21(18-3,20-5-2)10-9-12-7-6-8-13(11-12)14(15,16)17/h6-8,11H,4-5,9-10H2,1-3H3. The number of halogens is 3. The summed E-state index contributed by atoms with van der Waals surface area (Å²) in [7, 11) is -1.28. The fourth-order valence-corrected chi connectivity index (χ4v) is 4.33. The second kappa shape index (κ2) is 7.93. The highest BCUT2D eigenvalue weighted by molar-refractivity contribution is 6.60. The van der Waals surface area contributed by atoms with Crippen LogP contribution in [-0.4, -0.2) is 29.1 Å². The van der Waals surface area contributed by atoms with Gasteiger partial charge in [0.25, 0.3) is 0 Å². The Morgan fingerprint density at radius 1 is 1.10 bits per heavy atom. The number of hydrogen-bond donors (Lipinski definition) is 0. The molecule has 0 saturated heterocycles. The van der Waals surface area contributed by atoms with E-state index in [4.69, 9.17) is 13.3 Å². The molecule has 0 bridgehead atoms. The first kappa shape index (κ1) is 18.2. The maximum absolute atomic E-state index is 12.7. The molecule has 0 unspecified atom stereocenters. The molecule has 1 aromatic rings. The van der Waals surface area contributed by atoms with E-state index in [1.54, 1.807) is 6.07 Å². The van der Waals surface area contributed by atoms with Crippen LogP contribution in [0.4, 0.5) is 13.2 Å². The highest BCUT2D eigenvalue weighted by Gasteiger charge is 2.39. The number of benzene rings is 1. The lowest BCUT2D eigenvalue weighted by molar-refractivity contribution is -0.137. The van der Waals surface area contributed by atoms with Crippen molar-refractivity contribution in [3.8, 4) is 0 Å². The first-order chi connectivity index (χ1) is 9.87. The number of rotatable bonds is 8. The molecule has 0 aliphatic rings. The fraction of sp³-hybridized carbons (Fsp3) is 0.571. The van der Waals surface area contributed by atoms with Gasteiger partial charge in [-0.05, 0) is 31.9 Å². The zero-order valence-electron chi connectivity index (χ0n) is 12.5. The van der Waals surface area contributed by atoms with Crippen LogP contribution in [0.1, 0.15) is 25.0 Å². The zero-order chi connectivity index (χ0) is 15.9. The van der Waals surface area contributed by atoms with E-state index in [0.29, 0.717) is 31.2 Å². The van der Waals surface area contributed by atoms with E-state index in [-0.39, 0.29) is 0 Å². The highest BCUT2D eigenvalue weighted by Crippen LogP contribution is 2.30. The van der Waals surface area contributed by atoms with Crippen LogP contribution in [0.3, 0.4) is 0 Å². The molecule has 1 rings (SSSR count). The van der Waals surface area contributed by atoms with Crippen LogP contribution in [0.2, 0.25) is 6.04 Å². The van der Waals surface area contributed by atoms with Gasteiger partial charge in [0.2, 0.25) is 0 Å². The maximum Gasteiger partial charge on any atom is 0.501 e. The molecule has 0 heterocycles. The van der Waals surface area contributed by atoms with Crippen LogP contribution < -0.4 is 0 Å². The quantitative estimate of drug-likeness (QED) is 0.679. The Labute approximate surface area is 124 Å². The summed E-state index contributed by atoms with van der Waals surface area (Å²) < 4.78 is 54.7. The molecule has 0 fully saturated rings. The van der Waals surface area contributed by atoms with Gasteiger partial charge in [0.15, 0.2) is 0 Å². The molecule has 0 aliphatic heterocycles. The maximum atomic E-state index is 12.7. The van der Waals surface area contributed by atoms with E-state index in [1.807, 2.05) is 13.8 Å². The van der Waals surface area contributed by atoms with Crippen LogP contribution >= 0.6 is 0 Å². The first-order valence-corrected chi connectivity index (χ1v) is 8.79. The molecule has 0 atom stereocenters. The molecule has 0 amide bonds. The topological polar surface area (TPSA) is 27.7 Å². The lowest BCUT2D eigenvalue weighted by Gasteiger charge is -2.27. The Morgan fingerprint density at radius 3 is 2.19 bits per heavy atom. The molecule has 0 aliphatic carbocycles. The van der Waals surface area contributed by atoms with E-state index in [1.165, 1.54) is 13.2 Å². The lowest BCUT2D eigenvalue weighted by Crippen LogP contribution is -2.45. The monoisotopic (exact) mass is 322 g/mol. The van der Waals surface area contributed by atoms with Gasteiger partial charge in [-0.15, -0.1) is 0 Å². The van der Waals surface area contributed by atoms with Gasteiger partial charge in [-0.25, -0.2) is 0 Å². The van der Waals surface area contributed by atoms with Crippen LogP contribution in [-0.2, 0) is 25.9 Å². The summed E-state index contributed by atoms with van der Waals surface area (Å²) in [5, 5.41) is 0. The molecule has 21 heavy (non-hydrogen) atoms. The van der Waals surface area contributed by atoms with E-state index in [9.17, 15) is 13.2 Å². The van der Waals surface area contributed by atoms with Gasteiger partial charge in [0.1, 0.15) is 0 Å². The van der Waals surface area contributed by atoms with Gasteiger partial charge in [0, 0.05) is 26.4 Å². The molecular formula is C14H21F3O3Si. The van der Waals surface area contributed by atoms with Crippen molar-refractivity contribution in [3.05, 3.63) is 35.4 Å². The van der Waals surface area contributed by atoms with Crippen molar-refractivity contribution in [1.82, 2.24) is 0 Å². The summed E-state index contributed by atoms with van der Waals surface area (Å²) >= 11 is 0. The van der Waals surface area contributed by atoms with E-state index in [0.717, 1.165) is 12.1 Å². The van der Waals surface area contributed by atoms with Crippen molar-refractivity contribution < 1.29 is 26.4 Å². The summed E-state index contributed by atoms with van der Waals surface area (Å²) in [6, 6.07) is 5.76. The molecule has 120 valence electrons. The van der Waals surface area contributed by atoms with Gasteiger partial charge in [-0.1, -0.05) is 18.2 Å². The molecular weight excluding hydrogens is 301 g/mol. The predicted molar refractivity (Wildman–Crippen MR) is 76.0 cm³/mol. The smallest absolute Gasteiger partial charge is 0.377 e. The molecule has 1 aromatic carbocycles. The summed E-state index contributed by atoms with van der Waals surface area (Å²) in [5.41, 5.74) is -0.0457. The van der Waals surface area contributed by atoms with E-state index in [2.05, 4.69) is 0 Å². The van der Waals surface area contributed by atoms with Crippen molar-refractivity contribution in [2.45, 2.75) is 32.5 Å². The lowest BCUT2D eigenvalue weighted by atomic mass is 10.1. The molecule has 0 N–H and O–H groups in total. The average molecular weight is 322 g/mol. The Hall–Kier alpha value is -0.893. The Kier molecular flexibility index (Phi) is 6.86. The fourth-order valence-electron chi connectivity index (χ4n) is 2.05. The van der Waals surface area contributed by atoms with Crippen molar-refractivity contribution in [2.24, 2.45) is 0 Å². The summed E-state index contributed by atoms with van der Waals surface area (Å²) in [6.07, 6.45) is -3.91. The van der Waals surface area contributed by atoms with Gasteiger partial charge in [-0.3, -0.25) is 0 Å². The van der Waals surface area contributed by atoms with E-state index < -0.39 is 20.5 Å². The van der Waals surface area contributed by atoms with Crippen LogP contribution in [0, 0.1) is 0 Å². The molecule has 7 heteroatoms. The van der Waals surface area contributed by atoms with Crippen molar-refractivity contribution in [2.75, 3.05) is 20.3 Å². The van der Waals surface area contributed by atoms with Crippen LogP contribution in [0.15, 0.2) is 24.3 Å².